The van der Waals surface area contributed by atoms with Gasteiger partial charge < -0.3 is 15.4 Å². The Kier molecular flexibility index (Phi) is 2.43. The van der Waals surface area contributed by atoms with E-state index in [1.807, 2.05) is 7.05 Å². The van der Waals surface area contributed by atoms with Crippen molar-refractivity contribution in [2.75, 3.05) is 5.73 Å². The maximum Gasteiger partial charge on any atom is 0.142 e. The smallest absolute Gasteiger partial charge is 0.142 e. The molecule has 0 aliphatic heterocycles. The van der Waals surface area contributed by atoms with Crippen molar-refractivity contribution in [2.24, 2.45) is 7.05 Å². The van der Waals surface area contributed by atoms with E-state index in [0.29, 0.717) is 11.5 Å². The first-order chi connectivity index (χ1) is 7.18. The molecule has 1 heterocycles. The number of nitrogen functional groups attached to an aromatic ring is 1. The van der Waals surface area contributed by atoms with E-state index in [1.165, 1.54) is 0 Å². The normalized spacial score (nSPS) is 12.7. The molecule has 15 heavy (non-hydrogen) atoms. The Morgan fingerprint density at radius 3 is 2.53 bits per heavy atom. The number of nitrogens with two attached hydrogens (primary N) is 1. The van der Waals surface area contributed by atoms with E-state index in [-0.39, 0.29) is 0 Å². The Morgan fingerprint density at radius 1 is 1.33 bits per heavy atom. The van der Waals surface area contributed by atoms with Crippen LogP contribution in [0.2, 0.25) is 0 Å². The molecular formula is C11H13N3O. The zero-order chi connectivity index (χ0) is 10.8. The van der Waals surface area contributed by atoms with Gasteiger partial charge in [0, 0.05) is 25.1 Å². The second kappa shape index (κ2) is 3.74. The van der Waals surface area contributed by atoms with Crippen molar-refractivity contribution in [1.82, 2.24) is 9.55 Å². The first-order valence-corrected chi connectivity index (χ1v) is 4.69. The molecule has 0 spiro atoms. The monoisotopic (exact) mass is 203 g/mol. The van der Waals surface area contributed by atoms with Crippen molar-refractivity contribution < 1.29 is 5.11 Å². The lowest BCUT2D eigenvalue weighted by Gasteiger charge is -2.10. The van der Waals surface area contributed by atoms with Crippen molar-refractivity contribution in [3.05, 3.63) is 48.0 Å². The largest absolute Gasteiger partial charge is 0.399 e. The maximum absolute atomic E-state index is 10.0. The average molecular weight is 203 g/mol. The predicted octanol–water partition coefficient (Wildman–Crippen LogP) is 1.08. The molecular weight excluding hydrogens is 190 g/mol. The molecule has 2 aromatic rings. The van der Waals surface area contributed by atoms with E-state index in [1.54, 1.807) is 41.2 Å². The number of aliphatic hydroxyl groups excluding tert-OH is 1. The van der Waals surface area contributed by atoms with E-state index in [4.69, 9.17) is 5.73 Å². The van der Waals surface area contributed by atoms with Crippen LogP contribution in [-0.2, 0) is 7.05 Å². The van der Waals surface area contributed by atoms with Gasteiger partial charge in [-0.25, -0.2) is 4.98 Å². The summed E-state index contributed by atoms with van der Waals surface area (Å²) < 4.78 is 1.79. The molecule has 1 aromatic heterocycles. The van der Waals surface area contributed by atoms with Crippen LogP contribution in [0.5, 0.6) is 0 Å². The molecule has 1 aromatic carbocycles. The van der Waals surface area contributed by atoms with Crippen LogP contribution < -0.4 is 5.73 Å². The average Bonchev–Trinajstić information content (AvgIpc) is 2.65. The van der Waals surface area contributed by atoms with Gasteiger partial charge in [-0.05, 0) is 17.7 Å². The number of hydrogen-bond donors (Lipinski definition) is 2. The minimum Gasteiger partial charge on any atom is -0.399 e. The van der Waals surface area contributed by atoms with Crippen LogP contribution >= 0.6 is 0 Å². The van der Waals surface area contributed by atoms with Crippen molar-refractivity contribution >= 4 is 5.69 Å². The fourth-order valence-electron chi connectivity index (χ4n) is 1.47. The highest BCUT2D eigenvalue weighted by molar-refractivity contribution is 5.40. The SMILES string of the molecule is Cn1ccnc1[C@@H](O)c1ccc(N)cc1. The first-order valence-electron chi connectivity index (χ1n) is 4.69. The molecule has 0 radical (unpaired) electrons. The van der Waals surface area contributed by atoms with Crippen molar-refractivity contribution in [2.45, 2.75) is 6.10 Å². The quantitative estimate of drug-likeness (QED) is 0.718. The van der Waals surface area contributed by atoms with E-state index in [9.17, 15) is 5.11 Å². The third-order valence-electron chi connectivity index (χ3n) is 2.36. The third kappa shape index (κ3) is 1.85. The summed E-state index contributed by atoms with van der Waals surface area (Å²) in [5.41, 5.74) is 7.05. The minimum atomic E-state index is -0.703. The summed E-state index contributed by atoms with van der Waals surface area (Å²) in [6, 6.07) is 7.13. The fraction of sp³-hybridized carbons (Fsp3) is 0.182. The van der Waals surface area contributed by atoms with Gasteiger partial charge in [0.25, 0.3) is 0 Å². The molecule has 0 saturated carbocycles. The molecule has 0 amide bonds. The number of aryl methyl sites for hydroxylation is 1. The highest BCUT2D eigenvalue weighted by Crippen LogP contribution is 2.20. The zero-order valence-corrected chi connectivity index (χ0v) is 8.46. The molecule has 3 N–H and O–H groups in total. The van der Waals surface area contributed by atoms with Gasteiger partial charge in [0.1, 0.15) is 11.9 Å². The number of imidazole rings is 1. The summed E-state index contributed by atoms with van der Waals surface area (Å²) in [5, 5.41) is 10.0. The molecule has 0 unspecified atom stereocenters. The minimum absolute atomic E-state index is 0.625. The zero-order valence-electron chi connectivity index (χ0n) is 8.46. The molecule has 4 heteroatoms. The molecule has 0 aliphatic carbocycles. The number of aliphatic hydroxyl groups is 1. The van der Waals surface area contributed by atoms with Gasteiger partial charge in [-0.3, -0.25) is 0 Å². The highest BCUT2D eigenvalue weighted by atomic mass is 16.3. The van der Waals surface area contributed by atoms with Crippen molar-refractivity contribution in [3.63, 3.8) is 0 Å². The lowest BCUT2D eigenvalue weighted by Crippen LogP contribution is -2.06. The first kappa shape index (κ1) is 9.73. The Hall–Kier alpha value is -1.81. The maximum atomic E-state index is 10.0. The van der Waals surface area contributed by atoms with Gasteiger partial charge in [0.05, 0.1) is 0 Å². The molecule has 2 rings (SSSR count). The topological polar surface area (TPSA) is 64.1 Å². The van der Waals surface area contributed by atoms with E-state index >= 15 is 0 Å². The molecule has 0 saturated heterocycles. The molecule has 0 bridgehead atoms. The van der Waals surface area contributed by atoms with Crippen LogP contribution in [0.3, 0.4) is 0 Å². The Bertz CT molecular complexity index is 447. The van der Waals surface area contributed by atoms with Crippen molar-refractivity contribution in [3.8, 4) is 0 Å². The summed E-state index contributed by atoms with van der Waals surface area (Å²) in [5.74, 6) is 0.625. The van der Waals surface area contributed by atoms with E-state index in [2.05, 4.69) is 4.98 Å². The van der Waals surface area contributed by atoms with Crippen LogP contribution in [0.1, 0.15) is 17.5 Å². The molecule has 0 aliphatic rings. The number of nitrogens with zero attached hydrogens (tertiary/aromatic N) is 2. The van der Waals surface area contributed by atoms with Gasteiger partial charge in [-0.1, -0.05) is 12.1 Å². The molecule has 4 nitrogen and oxygen atoms in total. The van der Waals surface area contributed by atoms with Gasteiger partial charge in [0.15, 0.2) is 0 Å². The van der Waals surface area contributed by atoms with Crippen LogP contribution in [0.4, 0.5) is 5.69 Å². The number of hydrogen-bond acceptors (Lipinski definition) is 3. The lowest BCUT2D eigenvalue weighted by atomic mass is 10.1. The lowest BCUT2D eigenvalue weighted by molar-refractivity contribution is 0.206. The number of aromatic nitrogens is 2. The Labute approximate surface area is 88.0 Å². The summed E-state index contributed by atoms with van der Waals surface area (Å²) in [4.78, 5) is 4.10. The summed E-state index contributed by atoms with van der Waals surface area (Å²) in [6.07, 6.45) is 2.76. The highest BCUT2D eigenvalue weighted by Gasteiger charge is 2.13. The summed E-state index contributed by atoms with van der Waals surface area (Å²) in [6.45, 7) is 0. The standard InChI is InChI=1S/C11H13N3O/c1-14-7-6-13-11(14)10(15)8-2-4-9(12)5-3-8/h2-7,10,15H,12H2,1H3/t10-/m0/s1. The number of rotatable bonds is 2. The molecule has 1 atom stereocenters. The van der Waals surface area contributed by atoms with Crippen molar-refractivity contribution in [1.29, 1.82) is 0 Å². The fourth-order valence-corrected chi connectivity index (χ4v) is 1.47. The number of benzene rings is 1. The van der Waals surface area contributed by atoms with Gasteiger partial charge in [-0.2, -0.15) is 0 Å². The van der Waals surface area contributed by atoms with Crippen LogP contribution in [0, 0.1) is 0 Å². The third-order valence-corrected chi connectivity index (χ3v) is 2.36. The second-order valence-electron chi connectivity index (χ2n) is 3.47. The van der Waals surface area contributed by atoms with Gasteiger partial charge >= 0.3 is 0 Å². The van der Waals surface area contributed by atoms with Crippen LogP contribution in [-0.4, -0.2) is 14.7 Å². The van der Waals surface area contributed by atoms with Gasteiger partial charge in [-0.15, -0.1) is 0 Å². The predicted molar refractivity (Wildman–Crippen MR) is 58.1 cm³/mol. The van der Waals surface area contributed by atoms with Crippen LogP contribution in [0.15, 0.2) is 36.7 Å². The Balaban J connectivity index is 2.32. The van der Waals surface area contributed by atoms with E-state index < -0.39 is 6.10 Å². The second-order valence-corrected chi connectivity index (χ2v) is 3.47. The molecule has 78 valence electrons. The van der Waals surface area contributed by atoms with E-state index in [0.717, 1.165) is 5.56 Å². The molecule has 0 fully saturated rings. The summed E-state index contributed by atoms with van der Waals surface area (Å²) in [7, 11) is 1.85. The summed E-state index contributed by atoms with van der Waals surface area (Å²) >= 11 is 0. The van der Waals surface area contributed by atoms with Crippen LogP contribution in [0.25, 0.3) is 0 Å². The number of anilines is 1. The Morgan fingerprint density at radius 2 is 2.00 bits per heavy atom. The van der Waals surface area contributed by atoms with Gasteiger partial charge in [0.2, 0.25) is 0 Å².